The highest BCUT2D eigenvalue weighted by Crippen LogP contribution is 2.26. The number of imidazole rings is 1. The van der Waals surface area contributed by atoms with Gasteiger partial charge in [0, 0.05) is 15.1 Å². The third-order valence-corrected chi connectivity index (χ3v) is 6.51. The standard InChI is InChI=1S/C24H20BrClN4O2S/c1-32-22-11-8-18(25)12-17(22)13-27-29-23(31)15-33-24-28-20-4-2-3-5-21(20)30(24)14-16-6-9-19(26)10-7-16/h2-13H,14-15H2,1H3,(H,29,31)/b27-13+. The molecule has 0 aliphatic heterocycles. The molecule has 33 heavy (non-hydrogen) atoms. The molecule has 168 valence electrons. The van der Waals surface area contributed by atoms with Crippen molar-refractivity contribution >= 4 is 62.4 Å². The maximum absolute atomic E-state index is 12.4. The lowest BCUT2D eigenvalue weighted by atomic mass is 10.2. The van der Waals surface area contributed by atoms with Crippen molar-refractivity contribution in [2.24, 2.45) is 5.10 Å². The van der Waals surface area contributed by atoms with E-state index < -0.39 is 0 Å². The summed E-state index contributed by atoms with van der Waals surface area (Å²) < 4.78 is 8.31. The van der Waals surface area contributed by atoms with Crippen molar-refractivity contribution in [2.75, 3.05) is 12.9 Å². The molecule has 6 nitrogen and oxygen atoms in total. The minimum absolute atomic E-state index is 0.177. The van der Waals surface area contributed by atoms with Crippen LogP contribution in [0.25, 0.3) is 11.0 Å². The number of halogens is 2. The number of hydrogen-bond donors (Lipinski definition) is 1. The summed E-state index contributed by atoms with van der Waals surface area (Å²) in [5.41, 5.74) is 6.31. The molecular weight excluding hydrogens is 524 g/mol. The van der Waals surface area contributed by atoms with E-state index in [0.717, 1.165) is 31.8 Å². The highest BCUT2D eigenvalue weighted by atomic mass is 79.9. The molecule has 4 rings (SSSR count). The molecule has 1 heterocycles. The average Bonchev–Trinajstić information content (AvgIpc) is 3.16. The summed E-state index contributed by atoms with van der Waals surface area (Å²) in [4.78, 5) is 17.1. The number of carbonyl (C=O) groups is 1. The summed E-state index contributed by atoms with van der Waals surface area (Å²) in [5.74, 6) is 0.619. The maximum atomic E-state index is 12.4. The lowest BCUT2D eigenvalue weighted by molar-refractivity contribution is -0.118. The number of fused-ring (bicyclic) bond motifs is 1. The van der Waals surface area contributed by atoms with Crippen molar-refractivity contribution in [1.29, 1.82) is 0 Å². The lowest BCUT2D eigenvalue weighted by Crippen LogP contribution is -2.20. The Kier molecular flexibility index (Phi) is 7.69. The van der Waals surface area contributed by atoms with Crippen molar-refractivity contribution in [2.45, 2.75) is 11.7 Å². The van der Waals surface area contributed by atoms with E-state index in [-0.39, 0.29) is 11.7 Å². The Balaban J connectivity index is 1.45. The second-order valence-electron chi connectivity index (χ2n) is 7.06. The smallest absolute Gasteiger partial charge is 0.250 e. The summed E-state index contributed by atoms with van der Waals surface area (Å²) >= 11 is 10.8. The van der Waals surface area contributed by atoms with Crippen LogP contribution in [0.1, 0.15) is 11.1 Å². The zero-order valence-electron chi connectivity index (χ0n) is 17.7. The van der Waals surface area contributed by atoms with Gasteiger partial charge in [-0.05, 0) is 48.0 Å². The SMILES string of the molecule is COc1ccc(Br)cc1/C=N/NC(=O)CSc1nc2ccccc2n1Cc1ccc(Cl)cc1. The van der Waals surface area contributed by atoms with Crippen LogP contribution in [0.4, 0.5) is 0 Å². The van der Waals surface area contributed by atoms with Crippen LogP contribution in [0.15, 0.2) is 81.5 Å². The fourth-order valence-corrected chi connectivity index (χ4v) is 4.54. The topological polar surface area (TPSA) is 68.5 Å². The van der Waals surface area contributed by atoms with E-state index in [9.17, 15) is 4.79 Å². The molecular formula is C24H20BrClN4O2S. The number of benzene rings is 3. The Morgan fingerprint density at radius 1 is 1.21 bits per heavy atom. The molecule has 1 aromatic heterocycles. The second-order valence-corrected chi connectivity index (χ2v) is 9.36. The van der Waals surface area contributed by atoms with E-state index in [2.05, 4.69) is 31.0 Å². The molecule has 1 N–H and O–H groups in total. The second kappa shape index (κ2) is 10.9. The number of methoxy groups -OCH3 is 1. The van der Waals surface area contributed by atoms with E-state index >= 15 is 0 Å². The Morgan fingerprint density at radius 3 is 2.79 bits per heavy atom. The average molecular weight is 544 g/mol. The van der Waals surface area contributed by atoms with E-state index in [0.29, 0.717) is 17.3 Å². The number of nitrogens with one attached hydrogen (secondary N) is 1. The molecule has 0 fully saturated rings. The van der Waals surface area contributed by atoms with Crippen LogP contribution in [0.2, 0.25) is 5.02 Å². The number of hydrazone groups is 1. The summed E-state index contributed by atoms with van der Waals surface area (Å²) in [6, 6.07) is 21.2. The molecule has 9 heteroatoms. The molecule has 0 aliphatic rings. The third kappa shape index (κ3) is 5.96. The Bertz CT molecular complexity index is 1310. The van der Waals surface area contributed by atoms with Gasteiger partial charge in [-0.1, -0.05) is 63.6 Å². The third-order valence-electron chi connectivity index (χ3n) is 4.79. The first-order valence-corrected chi connectivity index (χ1v) is 12.2. The fourth-order valence-electron chi connectivity index (χ4n) is 3.23. The van der Waals surface area contributed by atoms with Crippen molar-refractivity contribution in [3.8, 4) is 5.75 Å². The van der Waals surface area contributed by atoms with Gasteiger partial charge in [-0.3, -0.25) is 4.79 Å². The van der Waals surface area contributed by atoms with Gasteiger partial charge in [0.2, 0.25) is 0 Å². The van der Waals surface area contributed by atoms with E-state index in [4.69, 9.17) is 21.3 Å². The molecule has 0 atom stereocenters. The fraction of sp³-hybridized carbons (Fsp3) is 0.125. The number of hydrogen-bond acceptors (Lipinski definition) is 5. The summed E-state index contributed by atoms with van der Waals surface area (Å²) in [6.07, 6.45) is 1.56. The van der Waals surface area contributed by atoms with Gasteiger partial charge in [0.1, 0.15) is 5.75 Å². The van der Waals surface area contributed by atoms with Crippen LogP contribution in [0, 0.1) is 0 Å². The van der Waals surface area contributed by atoms with Crippen LogP contribution in [-0.2, 0) is 11.3 Å². The van der Waals surface area contributed by atoms with Gasteiger partial charge in [0.25, 0.3) is 5.91 Å². The lowest BCUT2D eigenvalue weighted by Gasteiger charge is -2.09. The van der Waals surface area contributed by atoms with Crippen molar-refractivity contribution < 1.29 is 9.53 Å². The highest BCUT2D eigenvalue weighted by molar-refractivity contribution is 9.10. The minimum atomic E-state index is -0.227. The number of carbonyl (C=O) groups excluding carboxylic acids is 1. The molecule has 4 aromatic rings. The summed E-state index contributed by atoms with van der Waals surface area (Å²) in [7, 11) is 1.59. The van der Waals surface area contributed by atoms with Crippen LogP contribution in [0.5, 0.6) is 5.75 Å². The normalized spacial score (nSPS) is 11.2. The van der Waals surface area contributed by atoms with E-state index in [1.165, 1.54) is 11.8 Å². The van der Waals surface area contributed by atoms with Crippen molar-refractivity contribution in [1.82, 2.24) is 15.0 Å². The maximum Gasteiger partial charge on any atom is 0.250 e. The molecule has 1 amide bonds. The van der Waals surface area contributed by atoms with Gasteiger partial charge < -0.3 is 9.30 Å². The van der Waals surface area contributed by atoms with E-state index in [1.807, 2.05) is 66.7 Å². The van der Waals surface area contributed by atoms with Crippen LogP contribution in [0.3, 0.4) is 0 Å². The first-order valence-electron chi connectivity index (χ1n) is 10.0. The van der Waals surface area contributed by atoms with Gasteiger partial charge in [-0.25, -0.2) is 10.4 Å². The Hall–Kier alpha value is -2.81. The zero-order valence-corrected chi connectivity index (χ0v) is 20.8. The van der Waals surface area contributed by atoms with Crippen molar-refractivity contribution in [3.63, 3.8) is 0 Å². The van der Waals surface area contributed by atoms with Crippen LogP contribution in [-0.4, -0.2) is 34.5 Å². The molecule has 0 bridgehead atoms. The van der Waals surface area contributed by atoms with Crippen molar-refractivity contribution in [3.05, 3.63) is 87.4 Å². The Morgan fingerprint density at radius 2 is 2.00 bits per heavy atom. The summed E-state index contributed by atoms with van der Waals surface area (Å²) in [5, 5.41) is 5.53. The molecule has 0 aliphatic carbocycles. The quantitative estimate of drug-likeness (QED) is 0.175. The van der Waals surface area contributed by atoms with Crippen LogP contribution >= 0.6 is 39.3 Å². The largest absolute Gasteiger partial charge is 0.496 e. The number of amides is 1. The number of thioether (sulfide) groups is 1. The monoisotopic (exact) mass is 542 g/mol. The van der Waals surface area contributed by atoms with Gasteiger partial charge >= 0.3 is 0 Å². The van der Waals surface area contributed by atoms with Gasteiger partial charge in [0.15, 0.2) is 5.16 Å². The molecule has 3 aromatic carbocycles. The Labute approximate surface area is 209 Å². The van der Waals surface area contributed by atoms with Gasteiger partial charge in [-0.2, -0.15) is 5.10 Å². The molecule has 0 spiro atoms. The van der Waals surface area contributed by atoms with E-state index in [1.54, 1.807) is 13.3 Å². The van der Waals surface area contributed by atoms with Gasteiger partial charge in [-0.15, -0.1) is 0 Å². The molecule has 0 saturated carbocycles. The molecule has 0 saturated heterocycles. The summed E-state index contributed by atoms with van der Waals surface area (Å²) in [6.45, 7) is 0.627. The predicted octanol–water partition coefficient (Wildman–Crippen LogP) is 5.75. The minimum Gasteiger partial charge on any atom is -0.496 e. The number of rotatable bonds is 8. The predicted molar refractivity (Wildman–Crippen MR) is 137 cm³/mol. The highest BCUT2D eigenvalue weighted by Gasteiger charge is 2.13. The first-order chi connectivity index (χ1) is 16.0. The number of ether oxygens (including phenoxy) is 1. The van der Waals surface area contributed by atoms with Gasteiger partial charge in [0.05, 0.1) is 36.7 Å². The molecule has 0 radical (unpaired) electrons. The first kappa shape index (κ1) is 23.4. The number of para-hydroxylation sites is 2. The number of nitrogens with zero attached hydrogens (tertiary/aromatic N) is 3. The number of aromatic nitrogens is 2. The molecule has 0 unspecified atom stereocenters. The van der Waals surface area contributed by atoms with Crippen LogP contribution < -0.4 is 10.2 Å². The zero-order chi connectivity index (χ0) is 23.2.